The topological polar surface area (TPSA) is 57.2 Å². The van der Waals surface area contributed by atoms with Crippen LogP contribution < -0.4 is 4.90 Å². The van der Waals surface area contributed by atoms with Crippen molar-refractivity contribution in [2.45, 2.75) is 19.3 Å². The van der Waals surface area contributed by atoms with Gasteiger partial charge in [0.15, 0.2) is 5.65 Å². The first-order valence-corrected chi connectivity index (χ1v) is 8.84. The summed E-state index contributed by atoms with van der Waals surface area (Å²) in [5.74, 6) is 0. The molecule has 3 heterocycles. The number of nitriles is 1. The van der Waals surface area contributed by atoms with E-state index >= 15 is 0 Å². The Balaban J connectivity index is 1.73. The predicted molar refractivity (Wildman–Crippen MR) is 96.9 cm³/mol. The van der Waals surface area contributed by atoms with E-state index in [0.717, 1.165) is 45.6 Å². The average Bonchev–Trinajstić information content (AvgIpc) is 3.02. The lowest BCUT2D eigenvalue weighted by molar-refractivity contribution is 0.577. The number of rotatable bonds is 2. The van der Waals surface area contributed by atoms with Crippen molar-refractivity contribution in [1.29, 1.82) is 5.26 Å². The van der Waals surface area contributed by atoms with Crippen molar-refractivity contribution < 1.29 is 0 Å². The fourth-order valence-electron chi connectivity index (χ4n) is 3.21. The Morgan fingerprint density at radius 3 is 2.71 bits per heavy atom. The van der Waals surface area contributed by atoms with Gasteiger partial charge in [0.1, 0.15) is 6.07 Å². The van der Waals surface area contributed by atoms with Crippen LogP contribution in [0.1, 0.15) is 24.8 Å². The minimum absolute atomic E-state index is 0.719. The lowest BCUT2D eigenvalue weighted by Gasteiger charge is -2.29. The van der Waals surface area contributed by atoms with Crippen molar-refractivity contribution in [3.05, 3.63) is 46.8 Å². The molecule has 2 aromatic heterocycles. The van der Waals surface area contributed by atoms with Crippen LogP contribution in [0.25, 0.3) is 16.8 Å². The van der Waals surface area contributed by atoms with Gasteiger partial charge in [0.05, 0.1) is 21.9 Å². The number of halogens is 1. The fourth-order valence-corrected chi connectivity index (χ4v) is 3.59. The molecule has 1 saturated heterocycles. The Bertz CT molecular complexity index is 934. The number of aromatic nitrogens is 3. The largest absolute Gasteiger partial charge is 0.370 e. The van der Waals surface area contributed by atoms with Crippen molar-refractivity contribution >= 4 is 27.3 Å². The molecular formula is C18H16BrN5. The third kappa shape index (κ3) is 2.65. The van der Waals surface area contributed by atoms with Gasteiger partial charge in [0.25, 0.3) is 0 Å². The summed E-state index contributed by atoms with van der Waals surface area (Å²) < 4.78 is 2.61. The number of hydrogen-bond donors (Lipinski definition) is 0. The van der Waals surface area contributed by atoms with Crippen LogP contribution in [0.5, 0.6) is 0 Å². The predicted octanol–water partition coefficient (Wildman–Crippen LogP) is 4.02. The molecule has 1 aliphatic rings. The highest BCUT2D eigenvalue weighted by molar-refractivity contribution is 9.10. The van der Waals surface area contributed by atoms with Crippen molar-refractivity contribution in [3.8, 4) is 17.2 Å². The summed E-state index contributed by atoms with van der Waals surface area (Å²) in [5, 5.41) is 13.9. The van der Waals surface area contributed by atoms with Crippen LogP contribution >= 0.6 is 15.9 Å². The van der Waals surface area contributed by atoms with Crippen LogP contribution in [0, 0.1) is 11.3 Å². The molecule has 0 saturated carbocycles. The van der Waals surface area contributed by atoms with Gasteiger partial charge in [-0.05, 0) is 52.9 Å². The van der Waals surface area contributed by atoms with Crippen LogP contribution in [0.2, 0.25) is 0 Å². The van der Waals surface area contributed by atoms with E-state index in [-0.39, 0.29) is 0 Å². The van der Waals surface area contributed by atoms with E-state index in [2.05, 4.69) is 49.1 Å². The van der Waals surface area contributed by atoms with Crippen LogP contribution in [-0.2, 0) is 0 Å². The van der Waals surface area contributed by atoms with Crippen molar-refractivity contribution in [2.24, 2.45) is 0 Å². The fraction of sp³-hybridized carbons (Fsp3) is 0.278. The Morgan fingerprint density at radius 1 is 1.08 bits per heavy atom. The van der Waals surface area contributed by atoms with E-state index in [1.165, 1.54) is 19.3 Å². The smallest absolute Gasteiger partial charge is 0.169 e. The second-order valence-electron chi connectivity index (χ2n) is 5.99. The maximum Gasteiger partial charge on any atom is 0.169 e. The Labute approximate surface area is 148 Å². The van der Waals surface area contributed by atoms with E-state index in [1.54, 1.807) is 10.7 Å². The van der Waals surface area contributed by atoms with Gasteiger partial charge in [-0.15, -0.1) is 0 Å². The molecule has 1 aromatic carbocycles. The number of piperidine rings is 1. The number of anilines is 1. The number of nitrogens with zero attached hydrogens (tertiary/aromatic N) is 5. The second-order valence-corrected chi connectivity index (χ2v) is 6.85. The van der Waals surface area contributed by atoms with E-state index in [0.29, 0.717) is 0 Å². The molecule has 0 radical (unpaired) electrons. The van der Waals surface area contributed by atoms with Crippen molar-refractivity contribution in [1.82, 2.24) is 14.6 Å². The summed E-state index contributed by atoms with van der Waals surface area (Å²) in [6.07, 6.45) is 9.15. The normalized spacial score (nSPS) is 14.8. The molecule has 0 bridgehead atoms. The van der Waals surface area contributed by atoms with Gasteiger partial charge >= 0.3 is 0 Å². The molecule has 0 N–H and O–H groups in total. The van der Waals surface area contributed by atoms with Crippen molar-refractivity contribution in [3.63, 3.8) is 0 Å². The van der Waals surface area contributed by atoms with Gasteiger partial charge in [-0.2, -0.15) is 10.4 Å². The lowest BCUT2D eigenvalue weighted by Crippen LogP contribution is -2.29. The van der Waals surface area contributed by atoms with Gasteiger partial charge in [-0.25, -0.2) is 9.50 Å². The third-order valence-corrected chi connectivity index (χ3v) is 5.02. The lowest BCUT2D eigenvalue weighted by atomic mass is 10.0. The summed E-state index contributed by atoms with van der Waals surface area (Å²) in [4.78, 5) is 6.76. The number of hydrogen-bond acceptors (Lipinski definition) is 4. The summed E-state index contributed by atoms with van der Waals surface area (Å²) in [6, 6.07) is 8.42. The molecule has 0 amide bonds. The molecule has 4 rings (SSSR count). The summed E-state index contributed by atoms with van der Waals surface area (Å²) in [7, 11) is 0. The van der Waals surface area contributed by atoms with Gasteiger partial charge in [-0.1, -0.05) is 6.07 Å². The zero-order valence-electron chi connectivity index (χ0n) is 13.1. The third-order valence-electron chi connectivity index (χ3n) is 4.46. The van der Waals surface area contributed by atoms with E-state index < -0.39 is 0 Å². The highest BCUT2D eigenvalue weighted by Crippen LogP contribution is 2.29. The quantitative estimate of drug-likeness (QED) is 0.672. The molecular weight excluding hydrogens is 366 g/mol. The molecule has 0 atom stereocenters. The number of fused-ring (bicyclic) bond motifs is 1. The molecule has 120 valence electrons. The Kier molecular flexibility index (Phi) is 3.95. The first kappa shape index (κ1) is 15.2. The molecule has 1 aliphatic heterocycles. The van der Waals surface area contributed by atoms with Gasteiger partial charge in [0.2, 0.25) is 0 Å². The summed E-state index contributed by atoms with van der Waals surface area (Å²) in [5.41, 5.74) is 4.46. The van der Waals surface area contributed by atoms with Crippen LogP contribution in [-0.4, -0.2) is 27.7 Å². The van der Waals surface area contributed by atoms with Crippen LogP contribution in [0.15, 0.2) is 41.3 Å². The zero-order chi connectivity index (χ0) is 16.5. The van der Waals surface area contributed by atoms with E-state index in [9.17, 15) is 5.26 Å². The van der Waals surface area contributed by atoms with Crippen molar-refractivity contribution in [2.75, 3.05) is 18.0 Å². The monoisotopic (exact) mass is 381 g/mol. The highest BCUT2D eigenvalue weighted by Gasteiger charge is 2.15. The minimum Gasteiger partial charge on any atom is -0.370 e. The zero-order valence-corrected chi connectivity index (χ0v) is 14.7. The van der Waals surface area contributed by atoms with Gasteiger partial charge in [0, 0.05) is 31.0 Å². The molecule has 3 aromatic rings. The Hall–Kier alpha value is -2.39. The summed E-state index contributed by atoms with van der Waals surface area (Å²) in [6.45, 7) is 2.06. The molecule has 0 aliphatic carbocycles. The molecule has 1 fully saturated rings. The maximum absolute atomic E-state index is 9.58. The molecule has 5 nitrogen and oxygen atoms in total. The SMILES string of the molecule is N#Cc1cc(-c2cnc3c(Br)cnn3c2)ccc1N1CCCCC1. The standard InChI is InChI=1S/C18H16BrN5/c19-16-11-22-24-12-15(10-21-18(16)24)13-4-5-17(14(8-13)9-20)23-6-2-1-3-7-23/h4-5,8,10-12H,1-3,6-7H2. The van der Waals surface area contributed by atoms with Gasteiger partial charge in [-0.3, -0.25) is 0 Å². The maximum atomic E-state index is 9.58. The first-order chi connectivity index (χ1) is 11.8. The molecule has 0 unspecified atom stereocenters. The minimum atomic E-state index is 0.719. The van der Waals surface area contributed by atoms with Crippen LogP contribution in [0.4, 0.5) is 5.69 Å². The van der Waals surface area contributed by atoms with E-state index in [4.69, 9.17) is 0 Å². The van der Waals surface area contributed by atoms with E-state index in [1.807, 2.05) is 18.5 Å². The van der Waals surface area contributed by atoms with Gasteiger partial charge < -0.3 is 4.90 Å². The second kappa shape index (κ2) is 6.25. The molecule has 6 heteroatoms. The Morgan fingerprint density at radius 2 is 1.92 bits per heavy atom. The summed E-state index contributed by atoms with van der Waals surface area (Å²) >= 11 is 3.43. The molecule has 24 heavy (non-hydrogen) atoms. The van der Waals surface area contributed by atoms with Crippen LogP contribution in [0.3, 0.4) is 0 Å². The first-order valence-electron chi connectivity index (χ1n) is 8.04. The average molecular weight is 382 g/mol. The number of benzene rings is 1. The highest BCUT2D eigenvalue weighted by atomic mass is 79.9. The molecule has 0 spiro atoms.